The van der Waals surface area contributed by atoms with Crippen LogP contribution in [0.2, 0.25) is 0 Å². The van der Waals surface area contributed by atoms with Gasteiger partial charge in [-0.3, -0.25) is 9.69 Å². The van der Waals surface area contributed by atoms with E-state index in [4.69, 9.17) is 4.74 Å². The number of rotatable bonds is 3. The second-order valence-electron chi connectivity index (χ2n) is 5.52. The molecule has 0 radical (unpaired) electrons. The van der Waals surface area contributed by atoms with E-state index in [2.05, 4.69) is 15.2 Å². The molecule has 2 aliphatic heterocycles. The second-order valence-corrected chi connectivity index (χ2v) is 5.52. The van der Waals surface area contributed by atoms with E-state index < -0.39 is 0 Å². The van der Waals surface area contributed by atoms with Crippen LogP contribution in [0.3, 0.4) is 0 Å². The molecule has 0 aliphatic carbocycles. The Hall–Kier alpha value is -1.66. The molecule has 1 amide bonds. The van der Waals surface area contributed by atoms with Crippen LogP contribution in [0.1, 0.15) is 16.8 Å². The fourth-order valence-corrected chi connectivity index (χ4v) is 3.05. The third-order valence-electron chi connectivity index (χ3n) is 4.28. The van der Waals surface area contributed by atoms with Gasteiger partial charge in [-0.25, -0.2) is 4.98 Å². The SMILES string of the molecule is CNc1cc(C(=O)N2CCC(N3CCOCC3)C2)ccn1. The molecule has 1 aromatic heterocycles. The van der Waals surface area contributed by atoms with Crippen LogP contribution in [-0.4, -0.2) is 73.2 Å². The van der Waals surface area contributed by atoms with Crippen molar-refractivity contribution >= 4 is 11.7 Å². The summed E-state index contributed by atoms with van der Waals surface area (Å²) in [6, 6.07) is 4.07. The highest BCUT2D eigenvalue weighted by atomic mass is 16.5. The van der Waals surface area contributed by atoms with Gasteiger partial charge in [0.2, 0.25) is 0 Å². The molecule has 1 atom stereocenters. The Labute approximate surface area is 125 Å². The number of nitrogens with one attached hydrogen (secondary N) is 1. The zero-order valence-electron chi connectivity index (χ0n) is 12.4. The van der Waals surface area contributed by atoms with Gasteiger partial charge in [-0.2, -0.15) is 0 Å². The summed E-state index contributed by atoms with van der Waals surface area (Å²) in [4.78, 5) is 21.1. The van der Waals surface area contributed by atoms with Crippen molar-refractivity contribution in [1.82, 2.24) is 14.8 Å². The maximum atomic E-state index is 12.6. The van der Waals surface area contributed by atoms with Gasteiger partial charge in [0.15, 0.2) is 0 Å². The summed E-state index contributed by atoms with van der Waals surface area (Å²) < 4.78 is 5.39. The van der Waals surface area contributed by atoms with E-state index in [1.165, 1.54) is 0 Å². The van der Waals surface area contributed by atoms with Crippen LogP contribution in [0.5, 0.6) is 0 Å². The molecule has 2 fully saturated rings. The van der Waals surface area contributed by atoms with Crippen LogP contribution in [0.25, 0.3) is 0 Å². The number of nitrogens with zero attached hydrogens (tertiary/aromatic N) is 3. The number of hydrogen-bond donors (Lipinski definition) is 1. The molecule has 0 aromatic carbocycles. The van der Waals surface area contributed by atoms with Gasteiger partial charge in [-0.1, -0.05) is 0 Å². The first-order chi connectivity index (χ1) is 10.3. The fourth-order valence-electron chi connectivity index (χ4n) is 3.05. The summed E-state index contributed by atoms with van der Waals surface area (Å²) >= 11 is 0. The molecule has 1 unspecified atom stereocenters. The van der Waals surface area contributed by atoms with Crippen molar-refractivity contribution < 1.29 is 9.53 Å². The van der Waals surface area contributed by atoms with Crippen molar-refractivity contribution in [2.45, 2.75) is 12.5 Å². The smallest absolute Gasteiger partial charge is 0.254 e. The highest BCUT2D eigenvalue weighted by Crippen LogP contribution is 2.19. The van der Waals surface area contributed by atoms with Crippen LogP contribution in [0, 0.1) is 0 Å². The van der Waals surface area contributed by atoms with Gasteiger partial charge in [0.1, 0.15) is 5.82 Å². The number of ether oxygens (including phenoxy) is 1. The minimum Gasteiger partial charge on any atom is -0.379 e. The summed E-state index contributed by atoms with van der Waals surface area (Å²) in [5.41, 5.74) is 0.706. The molecule has 6 heteroatoms. The third kappa shape index (κ3) is 3.16. The summed E-state index contributed by atoms with van der Waals surface area (Å²) in [6.07, 6.45) is 2.73. The number of carbonyl (C=O) groups excluding carboxylic acids is 1. The van der Waals surface area contributed by atoms with E-state index in [9.17, 15) is 4.79 Å². The molecule has 0 saturated carbocycles. The van der Waals surface area contributed by atoms with Crippen LogP contribution >= 0.6 is 0 Å². The molecule has 1 N–H and O–H groups in total. The van der Waals surface area contributed by atoms with Gasteiger partial charge in [0.05, 0.1) is 13.2 Å². The molecule has 0 spiro atoms. The molecular formula is C15H22N4O2. The minimum atomic E-state index is 0.102. The molecule has 114 valence electrons. The normalized spacial score (nSPS) is 23.3. The fraction of sp³-hybridized carbons (Fsp3) is 0.600. The Morgan fingerprint density at radius 1 is 1.38 bits per heavy atom. The molecule has 3 heterocycles. The molecule has 2 aliphatic rings. The predicted octanol–water partition coefficient (Wildman–Crippen LogP) is 0.670. The molecule has 0 bridgehead atoms. The van der Waals surface area contributed by atoms with Gasteiger partial charge in [-0.15, -0.1) is 0 Å². The first-order valence-corrected chi connectivity index (χ1v) is 7.53. The Morgan fingerprint density at radius 2 is 2.19 bits per heavy atom. The largest absolute Gasteiger partial charge is 0.379 e. The maximum absolute atomic E-state index is 12.6. The highest BCUT2D eigenvalue weighted by Gasteiger charge is 2.31. The molecule has 2 saturated heterocycles. The lowest BCUT2D eigenvalue weighted by Gasteiger charge is -2.32. The Kier molecular flexibility index (Phi) is 4.36. The Morgan fingerprint density at radius 3 is 2.95 bits per heavy atom. The minimum absolute atomic E-state index is 0.102. The number of anilines is 1. The van der Waals surface area contributed by atoms with Gasteiger partial charge in [0, 0.05) is 51.0 Å². The molecular weight excluding hydrogens is 268 g/mol. The first kappa shape index (κ1) is 14.3. The van der Waals surface area contributed by atoms with Crippen molar-refractivity contribution in [3.05, 3.63) is 23.9 Å². The number of carbonyl (C=O) groups is 1. The van der Waals surface area contributed by atoms with Crippen LogP contribution in [0.4, 0.5) is 5.82 Å². The quantitative estimate of drug-likeness (QED) is 0.887. The maximum Gasteiger partial charge on any atom is 0.254 e. The molecule has 3 rings (SSSR count). The van der Waals surface area contributed by atoms with E-state index in [1.807, 2.05) is 11.0 Å². The number of hydrogen-bond acceptors (Lipinski definition) is 5. The predicted molar refractivity (Wildman–Crippen MR) is 80.5 cm³/mol. The number of aromatic nitrogens is 1. The van der Waals surface area contributed by atoms with Crippen molar-refractivity contribution in [3.63, 3.8) is 0 Å². The summed E-state index contributed by atoms with van der Waals surface area (Å²) in [7, 11) is 1.81. The number of likely N-dealkylation sites (tertiary alicyclic amines) is 1. The summed E-state index contributed by atoms with van der Waals surface area (Å²) in [6.45, 7) is 5.21. The van der Waals surface area contributed by atoms with Gasteiger partial charge < -0.3 is 15.0 Å². The first-order valence-electron chi connectivity index (χ1n) is 7.53. The van der Waals surface area contributed by atoms with E-state index >= 15 is 0 Å². The third-order valence-corrected chi connectivity index (χ3v) is 4.28. The monoisotopic (exact) mass is 290 g/mol. The van der Waals surface area contributed by atoms with Crippen molar-refractivity contribution in [2.24, 2.45) is 0 Å². The van der Waals surface area contributed by atoms with Gasteiger partial charge in [-0.05, 0) is 18.6 Å². The van der Waals surface area contributed by atoms with Crippen molar-refractivity contribution in [1.29, 1.82) is 0 Å². The Balaban J connectivity index is 1.63. The highest BCUT2D eigenvalue weighted by molar-refractivity contribution is 5.95. The van der Waals surface area contributed by atoms with E-state index in [0.29, 0.717) is 11.6 Å². The zero-order chi connectivity index (χ0) is 14.7. The number of pyridine rings is 1. The molecule has 6 nitrogen and oxygen atoms in total. The average molecular weight is 290 g/mol. The lowest BCUT2D eigenvalue weighted by Crippen LogP contribution is -2.45. The molecule has 21 heavy (non-hydrogen) atoms. The summed E-state index contributed by atoms with van der Waals surface area (Å²) in [5.74, 6) is 0.828. The zero-order valence-corrected chi connectivity index (χ0v) is 12.4. The van der Waals surface area contributed by atoms with Gasteiger partial charge >= 0.3 is 0 Å². The van der Waals surface area contributed by atoms with Gasteiger partial charge in [0.25, 0.3) is 5.91 Å². The number of morpholine rings is 1. The lowest BCUT2D eigenvalue weighted by molar-refractivity contribution is 0.0185. The van der Waals surface area contributed by atoms with E-state index in [1.54, 1.807) is 19.3 Å². The topological polar surface area (TPSA) is 57.7 Å². The van der Waals surface area contributed by atoms with Crippen molar-refractivity contribution in [2.75, 3.05) is 51.8 Å². The number of amides is 1. The Bertz CT molecular complexity index is 502. The lowest BCUT2D eigenvalue weighted by atomic mass is 10.2. The van der Waals surface area contributed by atoms with E-state index in [0.717, 1.165) is 51.6 Å². The standard InChI is InChI=1S/C15H22N4O2/c1-16-14-10-12(2-4-17-14)15(20)19-5-3-13(11-19)18-6-8-21-9-7-18/h2,4,10,13H,3,5-9,11H2,1H3,(H,16,17). The molecule has 1 aromatic rings. The van der Waals surface area contributed by atoms with Crippen LogP contribution in [0.15, 0.2) is 18.3 Å². The van der Waals surface area contributed by atoms with Crippen molar-refractivity contribution in [3.8, 4) is 0 Å². The van der Waals surface area contributed by atoms with Crippen LogP contribution < -0.4 is 5.32 Å². The second kappa shape index (κ2) is 6.41. The summed E-state index contributed by atoms with van der Waals surface area (Å²) in [5, 5.41) is 2.97. The average Bonchev–Trinajstić information content (AvgIpc) is 3.05. The van der Waals surface area contributed by atoms with E-state index in [-0.39, 0.29) is 5.91 Å². The van der Waals surface area contributed by atoms with Crippen LogP contribution in [-0.2, 0) is 4.74 Å².